The number of aliphatic hydroxyl groups excluding tert-OH is 2. The molecule has 15 heteroatoms. The second-order valence-electron chi connectivity index (χ2n) is 13.7. The van der Waals surface area contributed by atoms with Gasteiger partial charge in [-0.25, -0.2) is 14.1 Å². The highest BCUT2D eigenvalue weighted by molar-refractivity contribution is 7.52. The van der Waals surface area contributed by atoms with Crippen LogP contribution in [0.5, 0.6) is 5.75 Å². The van der Waals surface area contributed by atoms with E-state index in [4.69, 9.17) is 24.3 Å². The first kappa shape index (κ1) is 35.9. The molecule has 6 atom stereocenters. The molecular formula is C33H47N6O8P. The number of nitrogen functional groups attached to an aromatic ring is 1. The summed E-state index contributed by atoms with van der Waals surface area (Å²) in [5, 5.41) is 29.5. The van der Waals surface area contributed by atoms with Crippen molar-refractivity contribution in [3.05, 3.63) is 54.0 Å². The minimum absolute atomic E-state index is 0.125. The highest BCUT2D eigenvalue weighted by atomic mass is 31.2. The fraction of sp³-hybridized carbons (Fsp3) is 0.576. The molecule has 2 fully saturated rings. The number of nitrogens with zero attached hydrogens (tertiary/aromatic N) is 4. The van der Waals surface area contributed by atoms with Crippen molar-refractivity contribution in [2.24, 2.45) is 10.9 Å². The second-order valence-corrected chi connectivity index (χ2v) is 15.4. The molecule has 1 aliphatic heterocycles. The number of aliphatic hydroxyl groups is 2. The Labute approximate surface area is 280 Å². The van der Waals surface area contributed by atoms with E-state index in [9.17, 15) is 19.6 Å². The maximum Gasteiger partial charge on any atom is 0.459 e. The van der Waals surface area contributed by atoms with E-state index >= 15 is 0 Å². The van der Waals surface area contributed by atoms with Crippen LogP contribution in [0.4, 0.5) is 5.82 Å². The Bertz CT molecular complexity index is 1620. The standard InChI is InChI=1S/C33H47N6O8P/c1-21(31(42)44-17-22-9-7-6-8-10-22)38-48(43,47-24-13-11-23(12-14-24)32(2,3)4)45-18-26-28(40)29(41)33(46-26,19-35-5)27-16-15-25-30(34)36-20-37-39(25)27/h11-16,20-22,26,28-29,40-41H,5-10,17-19H2,1-4H3,(H,38,43)(H2,34,36,37)/t21-,26+,28+,29+,33-,48?/m0/s1. The lowest BCUT2D eigenvalue weighted by Gasteiger charge is -2.30. The van der Waals surface area contributed by atoms with Crippen LogP contribution in [-0.2, 0) is 34.4 Å². The van der Waals surface area contributed by atoms with E-state index in [1.807, 2.05) is 12.1 Å². The molecule has 0 bridgehead atoms. The molecule has 0 radical (unpaired) electrons. The fourth-order valence-corrected chi connectivity index (χ4v) is 7.77. The van der Waals surface area contributed by atoms with E-state index in [0.29, 0.717) is 17.1 Å². The number of aromatic nitrogens is 3. The minimum atomic E-state index is -4.33. The molecule has 3 heterocycles. The van der Waals surface area contributed by atoms with Crippen molar-refractivity contribution in [1.29, 1.82) is 0 Å². The van der Waals surface area contributed by atoms with E-state index in [1.165, 1.54) is 24.2 Å². The Morgan fingerprint density at radius 3 is 2.56 bits per heavy atom. The van der Waals surface area contributed by atoms with Gasteiger partial charge >= 0.3 is 13.7 Å². The average Bonchev–Trinajstić information content (AvgIpc) is 3.60. The summed E-state index contributed by atoms with van der Waals surface area (Å²) in [5.74, 6) is 0.142. The van der Waals surface area contributed by atoms with Crippen molar-refractivity contribution in [2.45, 2.75) is 95.2 Å². The van der Waals surface area contributed by atoms with Gasteiger partial charge < -0.3 is 29.9 Å². The highest BCUT2D eigenvalue weighted by Crippen LogP contribution is 2.48. The lowest BCUT2D eigenvalue weighted by atomic mass is 9.87. The number of carbonyl (C=O) groups is 1. The summed E-state index contributed by atoms with van der Waals surface area (Å²) in [7, 11) is -4.33. The first-order chi connectivity index (χ1) is 22.8. The molecule has 2 aliphatic rings. The maximum atomic E-state index is 14.3. The normalized spacial score (nSPS) is 25.4. The molecule has 5 N–H and O–H groups in total. The predicted octanol–water partition coefficient (Wildman–Crippen LogP) is 3.93. The van der Waals surface area contributed by atoms with Crippen LogP contribution in [0, 0.1) is 5.92 Å². The van der Waals surface area contributed by atoms with Crippen LogP contribution in [0.25, 0.3) is 5.52 Å². The zero-order chi connectivity index (χ0) is 34.7. The molecule has 48 heavy (non-hydrogen) atoms. The Morgan fingerprint density at radius 1 is 1.19 bits per heavy atom. The zero-order valence-electron chi connectivity index (χ0n) is 27.9. The number of hydrogen-bond acceptors (Lipinski definition) is 12. The first-order valence-corrected chi connectivity index (χ1v) is 17.8. The van der Waals surface area contributed by atoms with Crippen molar-refractivity contribution in [3.8, 4) is 5.75 Å². The van der Waals surface area contributed by atoms with Gasteiger partial charge in [-0.15, -0.1) is 0 Å². The van der Waals surface area contributed by atoms with E-state index in [1.54, 1.807) is 24.3 Å². The Morgan fingerprint density at radius 2 is 1.90 bits per heavy atom. The van der Waals surface area contributed by atoms with Crippen molar-refractivity contribution < 1.29 is 38.1 Å². The molecular weight excluding hydrogens is 639 g/mol. The van der Waals surface area contributed by atoms with Crippen molar-refractivity contribution in [2.75, 3.05) is 25.5 Å². The van der Waals surface area contributed by atoms with Gasteiger partial charge in [0.25, 0.3) is 0 Å². The smallest absolute Gasteiger partial charge is 0.459 e. The van der Waals surface area contributed by atoms with Crippen molar-refractivity contribution in [3.63, 3.8) is 0 Å². The molecule has 3 aromatic rings. The number of benzene rings is 1. The van der Waals surface area contributed by atoms with Gasteiger partial charge in [-0.05, 0) is 67.6 Å². The largest absolute Gasteiger partial charge is 0.464 e. The van der Waals surface area contributed by atoms with E-state index in [-0.39, 0.29) is 30.1 Å². The number of aliphatic imine (C=N–C) groups is 1. The molecule has 0 spiro atoms. The lowest BCUT2D eigenvalue weighted by molar-refractivity contribution is -0.147. The fourth-order valence-electron chi connectivity index (χ4n) is 6.27. The SMILES string of the molecule is C=NC[C@@]1(c2ccc3c(N)ncnn23)O[C@H](COP(=O)(N[C@@H](C)C(=O)OCC2CCCCC2)Oc2ccc(C(C)(C)C)cc2)[C@@H](O)[C@H]1O. The average molecular weight is 687 g/mol. The molecule has 2 aromatic heterocycles. The second kappa shape index (κ2) is 14.6. The molecule has 1 saturated carbocycles. The quantitative estimate of drug-likeness (QED) is 0.115. The van der Waals surface area contributed by atoms with Crippen molar-refractivity contribution >= 4 is 31.8 Å². The number of anilines is 1. The van der Waals surface area contributed by atoms with Gasteiger partial charge in [-0.3, -0.25) is 14.3 Å². The van der Waals surface area contributed by atoms with Crippen LogP contribution in [0.3, 0.4) is 0 Å². The molecule has 0 amide bonds. The number of rotatable bonds is 13. The maximum absolute atomic E-state index is 14.3. The minimum Gasteiger partial charge on any atom is -0.464 e. The Kier molecular flexibility index (Phi) is 10.9. The molecule has 5 rings (SSSR count). The van der Waals surface area contributed by atoms with Gasteiger partial charge in [0.1, 0.15) is 41.9 Å². The summed E-state index contributed by atoms with van der Waals surface area (Å²) in [6.07, 6.45) is 2.44. The summed E-state index contributed by atoms with van der Waals surface area (Å²) in [4.78, 5) is 21.0. The van der Waals surface area contributed by atoms with Crippen LogP contribution in [-0.4, -0.2) is 81.6 Å². The molecule has 14 nitrogen and oxygen atoms in total. The molecule has 1 aromatic carbocycles. The van der Waals surface area contributed by atoms with Gasteiger partial charge in [0.2, 0.25) is 0 Å². The number of ether oxygens (including phenoxy) is 2. The lowest BCUT2D eigenvalue weighted by Crippen LogP contribution is -2.44. The van der Waals surface area contributed by atoms with Crippen molar-refractivity contribution in [1.82, 2.24) is 19.7 Å². The van der Waals surface area contributed by atoms with Crippen LogP contribution in [0.15, 0.2) is 47.7 Å². The van der Waals surface area contributed by atoms with Gasteiger partial charge in [-0.1, -0.05) is 52.2 Å². The van der Waals surface area contributed by atoms with Crippen LogP contribution < -0.4 is 15.3 Å². The van der Waals surface area contributed by atoms with Gasteiger partial charge in [0.05, 0.1) is 25.5 Å². The Hall–Kier alpha value is -3.39. The van der Waals surface area contributed by atoms with E-state index in [0.717, 1.165) is 31.2 Å². The third-order valence-electron chi connectivity index (χ3n) is 9.05. The monoisotopic (exact) mass is 686 g/mol. The van der Waals surface area contributed by atoms with Crippen LogP contribution in [0.1, 0.15) is 71.1 Å². The summed E-state index contributed by atoms with van der Waals surface area (Å²) in [6.45, 7) is 10.9. The summed E-state index contributed by atoms with van der Waals surface area (Å²) < 4.78 is 39.4. The van der Waals surface area contributed by atoms with Gasteiger partial charge in [0, 0.05) is 0 Å². The summed E-state index contributed by atoms with van der Waals surface area (Å²) >= 11 is 0. The number of nitrogens with one attached hydrogen (secondary N) is 1. The number of hydrogen-bond donors (Lipinski definition) is 4. The number of esters is 1. The first-order valence-electron chi connectivity index (χ1n) is 16.3. The molecule has 1 aliphatic carbocycles. The van der Waals surface area contributed by atoms with E-state index in [2.05, 4.69) is 47.7 Å². The topological polar surface area (TPSA) is 192 Å². The van der Waals surface area contributed by atoms with Crippen LogP contribution >= 0.6 is 7.75 Å². The summed E-state index contributed by atoms with van der Waals surface area (Å²) in [5.41, 5.74) is 6.12. The van der Waals surface area contributed by atoms with E-state index < -0.39 is 50.3 Å². The van der Waals surface area contributed by atoms with Gasteiger partial charge in [-0.2, -0.15) is 10.2 Å². The molecule has 262 valence electrons. The third-order valence-corrected chi connectivity index (χ3v) is 10.7. The number of nitrogens with two attached hydrogens (primary N) is 1. The predicted molar refractivity (Wildman–Crippen MR) is 180 cm³/mol. The summed E-state index contributed by atoms with van der Waals surface area (Å²) in [6, 6.07) is 9.29. The van der Waals surface area contributed by atoms with Gasteiger partial charge in [0.15, 0.2) is 11.4 Å². The Balaban J connectivity index is 1.36. The number of fused-ring (bicyclic) bond motifs is 1. The number of carbonyl (C=O) groups excluding carboxylic acids is 1. The third kappa shape index (κ3) is 7.74. The molecule has 1 saturated heterocycles. The molecule has 1 unspecified atom stereocenters. The van der Waals surface area contributed by atoms with Crippen LogP contribution in [0.2, 0.25) is 0 Å². The zero-order valence-corrected chi connectivity index (χ0v) is 28.8. The highest BCUT2D eigenvalue weighted by Gasteiger charge is 2.57.